The van der Waals surface area contributed by atoms with Crippen molar-refractivity contribution in [2.75, 3.05) is 16.4 Å². The quantitative estimate of drug-likeness (QED) is 0.745. The maximum absolute atomic E-state index is 12.6. The zero-order chi connectivity index (χ0) is 20.6. The average Bonchev–Trinajstić information content (AvgIpc) is 3.14. The highest BCUT2D eigenvalue weighted by atomic mass is 32.2. The Labute approximate surface area is 176 Å². The number of carbonyl (C=O) groups is 1. The van der Waals surface area contributed by atoms with Gasteiger partial charge in [0.25, 0.3) is 0 Å². The van der Waals surface area contributed by atoms with Crippen molar-refractivity contribution in [2.24, 2.45) is 4.99 Å². The summed E-state index contributed by atoms with van der Waals surface area (Å²) in [6, 6.07) is 15.7. The van der Waals surface area contributed by atoms with Gasteiger partial charge in [0, 0.05) is 17.4 Å². The van der Waals surface area contributed by atoms with Crippen LogP contribution in [0.4, 0.5) is 5.69 Å². The molecule has 2 aliphatic rings. The highest BCUT2D eigenvalue weighted by molar-refractivity contribution is 8.16. The molecule has 2 atom stereocenters. The second-order valence-corrected chi connectivity index (χ2v) is 11.0. The standard InChI is InChI=1S/C22H24N2O3S2/c1-15-7-6-10-18(16(15)2)24-19-13-29(26,27)14-20(19)28-22(24)23-21(25)12-11-17-8-4-3-5-9-17/h3-10,19-20H,11-14H2,1-2H3/t19-,20-/m1/s1. The molecule has 0 unspecified atom stereocenters. The van der Waals surface area contributed by atoms with Gasteiger partial charge < -0.3 is 4.90 Å². The monoisotopic (exact) mass is 428 g/mol. The number of thioether (sulfide) groups is 1. The minimum absolute atomic E-state index is 0.0828. The van der Waals surface area contributed by atoms with Gasteiger partial charge in [-0.15, -0.1) is 0 Å². The number of anilines is 1. The number of amidine groups is 1. The van der Waals surface area contributed by atoms with E-state index in [4.69, 9.17) is 0 Å². The van der Waals surface area contributed by atoms with Gasteiger partial charge in [-0.2, -0.15) is 4.99 Å². The first kappa shape index (κ1) is 20.2. The number of hydrogen-bond donors (Lipinski definition) is 0. The zero-order valence-corrected chi connectivity index (χ0v) is 18.2. The molecule has 0 spiro atoms. The summed E-state index contributed by atoms with van der Waals surface area (Å²) in [4.78, 5) is 19.0. The van der Waals surface area contributed by atoms with Crippen molar-refractivity contribution in [2.45, 2.75) is 38.0 Å². The van der Waals surface area contributed by atoms with Crippen LogP contribution in [0.3, 0.4) is 0 Å². The number of aryl methyl sites for hydroxylation is 2. The van der Waals surface area contributed by atoms with E-state index in [-0.39, 0.29) is 28.7 Å². The van der Waals surface area contributed by atoms with Crippen LogP contribution in [-0.2, 0) is 21.1 Å². The summed E-state index contributed by atoms with van der Waals surface area (Å²) in [6.07, 6.45) is 0.980. The fraction of sp³-hybridized carbons (Fsp3) is 0.364. The SMILES string of the molecule is Cc1cccc(N2C(=NC(=O)CCc3ccccc3)S[C@@H]3CS(=O)(=O)C[C@H]32)c1C. The molecule has 0 saturated carbocycles. The summed E-state index contributed by atoms with van der Waals surface area (Å²) in [6.45, 7) is 4.06. The Morgan fingerprint density at radius 1 is 1.10 bits per heavy atom. The largest absolute Gasteiger partial charge is 0.315 e. The van der Waals surface area contributed by atoms with Crippen molar-refractivity contribution in [3.63, 3.8) is 0 Å². The van der Waals surface area contributed by atoms with E-state index in [1.54, 1.807) is 0 Å². The molecule has 1 amide bonds. The Morgan fingerprint density at radius 3 is 2.62 bits per heavy atom. The predicted octanol–water partition coefficient (Wildman–Crippen LogP) is 3.54. The van der Waals surface area contributed by atoms with Crippen LogP contribution in [0.15, 0.2) is 53.5 Å². The van der Waals surface area contributed by atoms with Gasteiger partial charge in [-0.3, -0.25) is 4.79 Å². The van der Waals surface area contributed by atoms with Crippen LogP contribution in [-0.4, -0.2) is 42.3 Å². The minimum atomic E-state index is -3.07. The molecule has 29 heavy (non-hydrogen) atoms. The van der Waals surface area contributed by atoms with Crippen LogP contribution in [0.2, 0.25) is 0 Å². The van der Waals surface area contributed by atoms with Crippen molar-refractivity contribution in [3.05, 3.63) is 65.2 Å². The van der Waals surface area contributed by atoms with Crippen LogP contribution in [0.5, 0.6) is 0 Å². The third-order valence-electron chi connectivity index (χ3n) is 5.59. The molecule has 2 aromatic carbocycles. The third-order valence-corrected chi connectivity index (χ3v) is 8.80. The maximum atomic E-state index is 12.6. The molecule has 4 rings (SSSR count). The highest BCUT2D eigenvalue weighted by Gasteiger charge is 2.49. The fourth-order valence-electron chi connectivity index (χ4n) is 3.90. The fourth-order valence-corrected chi connectivity index (χ4v) is 7.83. The lowest BCUT2D eigenvalue weighted by atomic mass is 10.1. The molecule has 2 aromatic rings. The van der Waals surface area contributed by atoms with Crippen LogP contribution in [0.25, 0.3) is 0 Å². The number of sulfone groups is 1. The molecule has 2 saturated heterocycles. The van der Waals surface area contributed by atoms with Crippen LogP contribution < -0.4 is 4.90 Å². The second kappa shape index (κ2) is 7.95. The summed E-state index contributed by atoms with van der Waals surface area (Å²) in [7, 11) is -3.07. The van der Waals surface area contributed by atoms with Gasteiger partial charge in [-0.05, 0) is 43.0 Å². The number of amides is 1. The number of hydrogen-bond acceptors (Lipinski definition) is 4. The topological polar surface area (TPSA) is 66.8 Å². The van der Waals surface area contributed by atoms with Crippen molar-refractivity contribution < 1.29 is 13.2 Å². The minimum Gasteiger partial charge on any atom is -0.315 e. The molecule has 0 radical (unpaired) electrons. The van der Waals surface area contributed by atoms with Crippen LogP contribution >= 0.6 is 11.8 Å². The molecule has 7 heteroatoms. The van der Waals surface area contributed by atoms with Gasteiger partial charge in [0.2, 0.25) is 5.91 Å². The zero-order valence-electron chi connectivity index (χ0n) is 16.5. The van der Waals surface area contributed by atoms with Crippen molar-refractivity contribution in [3.8, 4) is 0 Å². The van der Waals surface area contributed by atoms with Crippen molar-refractivity contribution in [1.82, 2.24) is 0 Å². The first-order valence-electron chi connectivity index (χ1n) is 9.72. The van der Waals surface area contributed by atoms with Gasteiger partial charge >= 0.3 is 0 Å². The van der Waals surface area contributed by atoms with E-state index in [9.17, 15) is 13.2 Å². The molecular formula is C22H24N2O3S2. The summed E-state index contributed by atoms with van der Waals surface area (Å²) in [5.74, 6) is 0.0745. The van der Waals surface area contributed by atoms with E-state index >= 15 is 0 Å². The third kappa shape index (κ3) is 4.26. The summed E-state index contributed by atoms with van der Waals surface area (Å²) in [5.41, 5.74) is 4.26. The molecule has 0 aromatic heterocycles. The number of carbonyl (C=O) groups excluding carboxylic acids is 1. The van der Waals surface area contributed by atoms with E-state index in [0.29, 0.717) is 18.0 Å². The number of nitrogens with zero attached hydrogens (tertiary/aromatic N) is 2. The van der Waals surface area contributed by atoms with E-state index in [1.165, 1.54) is 11.8 Å². The van der Waals surface area contributed by atoms with Gasteiger partial charge in [0.15, 0.2) is 15.0 Å². The molecule has 0 N–H and O–H groups in total. The predicted molar refractivity (Wildman–Crippen MR) is 119 cm³/mol. The summed E-state index contributed by atoms with van der Waals surface area (Å²) in [5, 5.41) is 0.544. The molecule has 2 fully saturated rings. The molecular weight excluding hydrogens is 404 g/mol. The Bertz CT molecular complexity index is 1060. The van der Waals surface area contributed by atoms with Gasteiger partial charge in [0.1, 0.15) is 0 Å². The molecule has 152 valence electrons. The first-order valence-corrected chi connectivity index (χ1v) is 12.4. The van der Waals surface area contributed by atoms with E-state index in [2.05, 4.69) is 4.99 Å². The first-order chi connectivity index (χ1) is 13.8. The van der Waals surface area contributed by atoms with Gasteiger partial charge in [-0.1, -0.05) is 54.2 Å². The van der Waals surface area contributed by atoms with E-state index < -0.39 is 9.84 Å². The Hall–Kier alpha value is -2.12. The summed E-state index contributed by atoms with van der Waals surface area (Å²) >= 11 is 1.43. The molecule has 2 heterocycles. The number of fused-ring (bicyclic) bond motifs is 1. The van der Waals surface area contributed by atoms with Crippen LogP contribution in [0.1, 0.15) is 23.1 Å². The lowest BCUT2D eigenvalue weighted by Crippen LogP contribution is -2.38. The number of benzene rings is 2. The van der Waals surface area contributed by atoms with Crippen molar-refractivity contribution in [1.29, 1.82) is 0 Å². The van der Waals surface area contributed by atoms with Gasteiger partial charge in [-0.25, -0.2) is 8.42 Å². The number of aliphatic imine (C=N–C) groups is 1. The average molecular weight is 429 g/mol. The molecule has 0 bridgehead atoms. The molecule has 5 nitrogen and oxygen atoms in total. The Balaban J connectivity index is 1.62. The second-order valence-electron chi connectivity index (χ2n) is 7.66. The normalized spacial score (nSPS) is 24.1. The summed E-state index contributed by atoms with van der Waals surface area (Å²) < 4.78 is 24.4. The lowest BCUT2D eigenvalue weighted by molar-refractivity contribution is -0.117. The Kier molecular flexibility index (Phi) is 5.53. The Morgan fingerprint density at radius 2 is 1.86 bits per heavy atom. The number of rotatable bonds is 4. The van der Waals surface area contributed by atoms with Crippen molar-refractivity contribution >= 4 is 38.4 Å². The molecule has 2 aliphatic heterocycles. The lowest BCUT2D eigenvalue weighted by Gasteiger charge is -2.26. The smallest absolute Gasteiger partial charge is 0.248 e. The maximum Gasteiger partial charge on any atom is 0.248 e. The molecule has 0 aliphatic carbocycles. The van der Waals surface area contributed by atoms with E-state index in [0.717, 1.165) is 22.4 Å². The van der Waals surface area contributed by atoms with Gasteiger partial charge in [0.05, 0.1) is 17.5 Å². The highest BCUT2D eigenvalue weighted by Crippen LogP contribution is 2.42. The van der Waals surface area contributed by atoms with Crippen LogP contribution in [0, 0.1) is 13.8 Å². The van der Waals surface area contributed by atoms with E-state index in [1.807, 2.05) is 67.3 Å².